The van der Waals surface area contributed by atoms with Crippen molar-refractivity contribution in [3.05, 3.63) is 64.9 Å². The summed E-state index contributed by atoms with van der Waals surface area (Å²) in [5.41, 5.74) is 8.08. The maximum Gasteiger partial charge on any atom is 0.162 e. The fourth-order valence-corrected chi connectivity index (χ4v) is 2.23. The Labute approximate surface area is 129 Å². The van der Waals surface area contributed by atoms with Crippen LogP contribution < -0.4 is 5.73 Å². The van der Waals surface area contributed by atoms with E-state index in [0.717, 1.165) is 5.56 Å². The van der Waals surface area contributed by atoms with Crippen LogP contribution >= 0.6 is 15.9 Å². The smallest absolute Gasteiger partial charge is 0.162 e. The van der Waals surface area contributed by atoms with Crippen LogP contribution in [0.25, 0.3) is 22.6 Å². The molecule has 0 amide bonds. The molecule has 3 nitrogen and oxygen atoms in total. The Balaban J connectivity index is 2.11. The van der Waals surface area contributed by atoms with E-state index in [1.165, 1.54) is 6.07 Å². The average Bonchev–Trinajstić information content (AvgIpc) is 2.50. The number of halogens is 2. The van der Waals surface area contributed by atoms with Crippen molar-refractivity contribution in [1.29, 1.82) is 0 Å². The number of nitrogens with zero attached hydrogens (tertiary/aromatic N) is 2. The molecule has 3 rings (SSSR count). The van der Waals surface area contributed by atoms with Crippen molar-refractivity contribution in [2.24, 2.45) is 0 Å². The second-order valence-electron chi connectivity index (χ2n) is 4.50. The number of aromatic nitrogens is 2. The van der Waals surface area contributed by atoms with E-state index in [0.29, 0.717) is 27.4 Å². The molecule has 0 saturated carbocycles. The van der Waals surface area contributed by atoms with Gasteiger partial charge in [0.2, 0.25) is 0 Å². The molecule has 0 fully saturated rings. The van der Waals surface area contributed by atoms with Gasteiger partial charge in [0.05, 0.1) is 10.2 Å². The standard InChI is InChI=1S/C16H11BrFN3/c17-12-7-6-11(8-13(12)18)16-20-14(9-15(19)21-16)10-4-2-1-3-5-10/h1-9H,(H2,19,20,21). The number of nitrogens with two attached hydrogens (primary N) is 1. The topological polar surface area (TPSA) is 51.8 Å². The van der Waals surface area contributed by atoms with Crippen LogP contribution in [0, 0.1) is 5.82 Å². The SMILES string of the molecule is Nc1cc(-c2ccccc2)nc(-c2ccc(Br)c(F)c2)n1. The van der Waals surface area contributed by atoms with Gasteiger partial charge in [0.25, 0.3) is 0 Å². The van der Waals surface area contributed by atoms with Gasteiger partial charge in [0, 0.05) is 17.2 Å². The van der Waals surface area contributed by atoms with Crippen LogP contribution in [-0.4, -0.2) is 9.97 Å². The molecule has 0 aliphatic rings. The van der Waals surface area contributed by atoms with Gasteiger partial charge in [0.15, 0.2) is 5.82 Å². The molecule has 0 atom stereocenters. The Morgan fingerprint density at radius 1 is 0.905 bits per heavy atom. The fraction of sp³-hybridized carbons (Fsp3) is 0. The molecular formula is C16H11BrFN3. The highest BCUT2D eigenvalue weighted by Crippen LogP contribution is 2.25. The quantitative estimate of drug-likeness (QED) is 0.754. The van der Waals surface area contributed by atoms with Gasteiger partial charge in [-0.25, -0.2) is 14.4 Å². The van der Waals surface area contributed by atoms with Gasteiger partial charge in [-0.1, -0.05) is 30.3 Å². The van der Waals surface area contributed by atoms with Gasteiger partial charge in [-0.15, -0.1) is 0 Å². The Hall–Kier alpha value is -2.27. The molecule has 0 spiro atoms. The summed E-state index contributed by atoms with van der Waals surface area (Å²) in [6, 6.07) is 16.1. The molecule has 2 aromatic carbocycles. The summed E-state index contributed by atoms with van der Waals surface area (Å²) in [5.74, 6) is 0.391. The van der Waals surface area contributed by atoms with Crippen LogP contribution in [0.2, 0.25) is 0 Å². The highest BCUT2D eigenvalue weighted by Gasteiger charge is 2.09. The van der Waals surface area contributed by atoms with Gasteiger partial charge < -0.3 is 5.73 Å². The van der Waals surface area contributed by atoms with Crippen molar-refractivity contribution in [2.75, 3.05) is 5.73 Å². The van der Waals surface area contributed by atoms with E-state index in [2.05, 4.69) is 25.9 Å². The predicted octanol–water partition coefficient (Wildman–Crippen LogP) is 4.29. The van der Waals surface area contributed by atoms with Crippen molar-refractivity contribution in [3.8, 4) is 22.6 Å². The summed E-state index contributed by atoms with van der Waals surface area (Å²) in [6.07, 6.45) is 0. The maximum atomic E-state index is 13.7. The minimum atomic E-state index is -0.361. The normalized spacial score (nSPS) is 10.6. The molecule has 1 aromatic heterocycles. The van der Waals surface area contributed by atoms with Gasteiger partial charge in [-0.3, -0.25) is 0 Å². The first-order valence-electron chi connectivity index (χ1n) is 6.29. The lowest BCUT2D eigenvalue weighted by Crippen LogP contribution is -1.98. The molecule has 3 aromatic rings. The molecule has 104 valence electrons. The van der Waals surface area contributed by atoms with Crippen LogP contribution in [0.1, 0.15) is 0 Å². The second kappa shape index (κ2) is 5.61. The van der Waals surface area contributed by atoms with Gasteiger partial charge in [-0.2, -0.15) is 0 Å². The number of benzene rings is 2. The summed E-state index contributed by atoms with van der Waals surface area (Å²) in [6.45, 7) is 0. The van der Waals surface area contributed by atoms with Crippen LogP contribution in [0.15, 0.2) is 59.1 Å². The summed E-state index contributed by atoms with van der Waals surface area (Å²) in [7, 11) is 0. The molecule has 5 heteroatoms. The lowest BCUT2D eigenvalue weighted by molar-refractivity contribution is 0.621. The molecule has 0 aliphatic carbocycles. The van der Waals surface area contributed by atoms with Crippen molar-refractivity contribution in [2.45, 2.75) is 0 Å². The number of nitrogen functional groups attached to an aromatic ring is 1. The van der Waals surface area contributed by atoms with Crippen LogP contribution in [-0.2, 0) is 0 Å². The molecule has 21 heavy (non-hydrogen) atoms. The first-order valence-corrected chi connectivity index (χ1v) is 7.08. The van der Waals surface area contributed by atoms with Gasteiger partial charge in [-0.05, 0) is 34.1 Å². The van der Waals surface area contributed by atoms with Crippen LogP contribution in [0.5, 0.6) is 0 Å². The summed E-state index contributed by atoms with van der Waals surface area (Å²) >= 11 is 3.13. The Bertz CT molecular complexity index is 791. The van der Waals surface area contributed by atoms with E-state index in [9.17, 15) is 4.39 Å². The number of hydrogen-bond acceptors (Lipinski definition) is 3. The van der Waals surface area contributed by atoms with E-state index in [4.69, 9.17) is 5.73 Å². The first-order chi connectivity index (χ1) is 10.1. The van der Waals surface area contributed by atoms with Gasteiger partial charge >= 0.3 is 0 Å². The number of rotatable bonds is 2. The van der Waals surface area contributed by atoms with E-state index in [1.54, 1.807) is 18.2 Å². The molecule has 0 unspecified atom stereocenters. The molecule has 0 saturated heterocycles. The minimum Gasteiger partial charge on any atom is -0.384 e. The van der Waals surface area contributed by atoms with E-state index in [1.807, 2.05) is 30.3 Å². The van der Waals surface area contributed by atoms with Crippen molar-refractivity contribution in [3.63, 3.8) is 0 Å². The molecule has 0 aliphatic heterocycles. The van der Waals surface area contributed by atoms with Crippen LogP contribution in [0.4, 0.5) is 10.2 Å². The first kappa shape index (κ1) is 13.7. The minimum absolute atomic E-state index is 0.349. The van der Waals surface area contributed by atoms with Gasteiger partial charge in [0.1, 0.15) is 11.6 Å². The average molecular weight is 344 g/mol. The molecule has 2 N–H and O–H groups in total. The Morgan fingerprint density at radius 2 is 1.67 bits per heavy atom. The zero-order valence-corrected chi connectivity index (χ0v) is 12.5. The number of anilines is 1. The predicted molar refractivity (Wildman–Crippen MR) is 85.0 cm³/mol. The summed E-state index contributed by atoms with van der Waals surface area (Å²) < 4.78 is 14.1. The molecule has 1 heterocycles. The van der Waals surface area contributed by atoms with E-state index < -0.39 is 0 Å². The van der Waals surface area contributed by atoms with Crippen molar-refractivity contribution >= 4 is 21.7 Å². The zero-order valence-electron chi connectivity index (χ0n) is 10.9. The largest absolute Gasteiger partial charge is 0.384 e. The van der Waals surface area contributed by atoms with Crippen molar-refractivity contribution < 1.29 is 4.39 Å². The van der Waals surface area contributed by atoms with E-state index in [-0.39, 0.29) is 5.82 Å². The Morgan fingerprint density at radius 3 is 2.38 bits per heavy atom. The molecular weight excluding hydrogens is 333 g/mol. The molecule has 0 bridgehead atoms. The lowest BCUT2D eigenvalue weighted by atomic mass is 10.1. The summed E-state index contributed by atoms with van der Waals surface area (Å²) in [5, 5.41) is 0. The summed E-state index contributed by atoms with van der Waals surface area (Å²) in [4.78, 5) is 8.66. The third-order valence-corrected chi connectivity index (χ3v) is 3.64. The molecule has 0 radical (unpaired) electrons. The van der Waals surface area contributed by atoms with Crippen molar-refractivity contribution in [1.82, 2.24) is 9.97 Å². The third kappa shape index (κ3) is 2.92. The highest BCUT2D eigenvalue weighted by molar-refractivity contribution is 9.10. The van der Waals surface area contributed by atoms with Crippen LogP contribution in [0.3, 0.4) is 0 Å². The fourth-order valence-electron chi connectivity index (χ4n) is 1.99. The second-order valence-corrected chi connectivity index (χ2v) is 5.35. The maximum absolute atomic E-state index is 13.7. The van der Waals surface area contributed by atoms with E-state index >= 15 is 0 Å². The lowest BCUT2D eigenvalue weighted by Gasteiger charge is -2.07. The third-order valence-electron chi connectivity index (χ3n) is 2.99. The number of hydrogen-bond donors (Lipinski definition) is 1. The monoisotopic (exact) mass is 343 g/mol. The highest BCUT2D eigenvalue weighted by atomic mass is 79.9. The zero-order chi connectivity index (χ0) is 14.8. The Kier molecular flexibility index (Phi) is 3.66.